The van der Waals surface area contributed by atoms with Crippen LogP contribution in [0, 0.1) is 0 Å². The van der Waals surface area contributed by atoms with Crippen LogP contribution in [0.15, 0.2) is 33.0 Å². The summed E-state index contributed by atoms with van der Waals surface area (Å²) < 4.78 is 30.3. The maximum Gasteiger partial charge on any atom is 0.407 e. The molecule has 0 saturated heterocycles. The van der Waals surface area contributed by atoms with Crippen molar-refractivity contribution in [1.82, 2.24) is 14.5 Å². The molecule has 1 aromatic heterocycles. The summed E-state index contributed by atoms with van der Waals surface area (Å²) in [6.45, 7) is 1.32. The molecule has 138 valence electrons. The Labute approximate surface area is 162 Å². The molecule has 0 fully saturated rings. The third-order valence-electron chi connectivity index (χ3n) is 4.39. The molecule has 1 aromatic carbocycles. The van der Waals surface area contributed by atoms with Gasteiger partial charge in [-0.25, -0.2) is 9.78 Å². The molecule has 2 aliphatic heterocycles. The average Bonchev–Trinajstić information content (AvgIpc) is 3.13. The van der Waals surface area contributed by atoms with Crippen LogP contribution in [-0.4, -0.2) is 46.4 Å². The van der Waals surface area contributed by atoms with Crippen molar-refractivity contribution >= 4 is 49.5 Å². The first kappa shape index (κ1) is 17.7. The van der Waals surface area contributed by atoms with Crippen LogP contribution in [0.3, 0.4) is 0 Å². The van der Waals surface area contributed by atoms with Crippen LogP contribution in [0.2, 0.25) is 0 Å². The number of hydrogen-bond acceptors (Lipinski definition) is 5. The van der Waals surface area contributed by atoms with E-state index < -0.39 is 16.1 Å². The number of rotatable bonds is 3. The molecular weight excluding hydrogens is 444 g/mol. The van der Waals surface area contributed by atoms with Crippen LogP contribution in [0.4, 0.5) is 10.5 Å². The third kappa shape index (κ3) is 3.08. The van der Waals surface area contributed by atoms with E-state index in [1.807, 2.05) is 0 Å². The van der Waals surface area contributed by atoms with Gasteiger partial charge in [-0.05, 0) is 45.6 Å². The minimum absolute atomic E-state index is 0.132. The van der Waals surface area contributed by atoms with E-state index in [-0.39, 0.29) is 5.03 Å². The summed E-state index contributed by atoms with van der Waals surface area (Å²) in [6, 6.07) is 5.20. The van der Waals surface area contributed by atoms with Gasteiger partial charge in [0.15, 0.2) is 10.2 Å². The number of halogens is 1. The summed E-state index contributed by atoms with van der Waals surface area (Å²) in [4.78, 5) is 16.7. The van der Waals surface area contributed by atoms with Crippen molar-refractivity contribution in [1.29, 1.82) is 0 Å². The highest BCUT2D eigenvalue weighted by molar-refractivity contribution is 9.10. The van der Waals surface area contributed by atoms with E-state index in [1.54, 1.807) is 22.8 Å². The molecule has 2 N–H and O–H groups in total. The van der Waals surface area contributed by atoms with Gasteiger partial charge in [-0.15, -0.1) is 0 Å². The lowest BCUT2D eigenvalue weighted by Crippen LogP contribution is -2.34. The van der Waals surface area contributed by atoms with E-state index >= 15 is 0 Å². The fraction of sp³-hybridized carbons (Fsp3) is 0.333. The molecule has 0 unspecified atom stereocenters. The molecule has 1 amide bonds. The highest BCUT2D eigenvalue weighted by atomic mass is 79.9. The second-order valence-corrected chi connectivity index (χ2v) is 9.44. The number of aromatic nitrogens is 2. The van der Waals surface area contributed by atoms with Crippen LogP contribution in [0.5, 0.6) is 0 Å². The Kier molecular flexibility index (Phi) is 4.40. The quantitative estimate of drug-likeness (QED) is 0.732. The van der Waals surface area contributed by atoms with Gasteiger partial charge in [-0.3, -0.25) is 4.72 Å². The Bertz CT molecular complexity index is 1010. The predicted octanol–water partition coefficient (Wildman–Crippen LogP) is 2.59. The van der Waals surface area contributed by atoms with Crippen molar-refractivity contribution in [2.45, 2.75) is 29.7 Å². The van der Waals surface area contributed by atoms with Gasteiger partial charge in [0.05, 0.1) is 0 Å². The summed E-state index contributed by atoms with van der Waals surface area (Å²) in [5, 5.41) is 9.92. The number of thioether (sulfide) groups is 1. The Morgan fingerprint density at radius 3 is 2.88 bits per heavy atom. The zero-order valence-electron chi connectivity index (χ0n) is 13.5. The van der Waals surface area contributed by atoms with E-state index in [9.17, 15) is 13.2 Å². The minimum atomic E-state index is -3.79. The molecule has 0 saturated carbocycles. The van der Waals surface area contributed by atoms with Crippen LogP contribution in [-0.2, 0) is 29.5 Å². The molecule has 8 nitrogen and oxygen atoms in total. The highest BCUT2D eigenvalue weighted by Crippen LogP contribution is 2.34. The van der Waals surface area contributed by atoms with Crippen molar-refractivity contribution in [2.75, 3.05) is 17.0 Å². The van der Waals surface area contributed by atoms with Gasteiger partial charge in [-0.1, -0.05) is 17.8 Å². The first-order chi connectivity index (χ1) is 12.3. The van der Waals surface area contributed by atoms with Crippen molar-refractivity contribution in [3.05, 3.63) is 33.9 Å². The number of nitrogens with zero attached hydrogens (tertiary/aromatic N) is 3. The highest BCUT2D eigenvalue weighted by Gasteiger charge is 2.30. The Hall–Kier alpha value is -1.72. The number of imidazole rings is 1. The van der Waals surface area contributed by atoms with E-state index in [0.29, 0.717) is 41.5 Å². The van der Waals surface area contributed by atoms with Crippen molar-refractivity contribution in [3.63, 3.8) is 0 Å². The standard InChI is InChI=1S/C15H15BrN4O4S2/c16-12-13(20-5-6-25-14(20)17-12)26(23,24)18-11-2-1-10-8-19(15(21)22)4-3-9(10)7-11/h1-2,7,18H,3-6,8H2,(H,21,22). The molecular formula is C15H15BrN4O4S2. The Morgan fingerprint density at radius 2 is 2.12 bits per heavy atom. The molecule has 0 spiro atoms. The molecule has 0 aliphatic carbocycles. The van der Waals surface area contributed by atoms with E-state index in [1.165, 1.54) is 16.7 Å². The summed E-state index contributed by atoms with van der Waals surface area (Å²) >= 11 is 4.77. The number of anilines is 1. The first-order valence-corrected chi connectivity index (χ1v) is 11.1. The monoisotopic (exact) mass is 458 g/mol. The summed E-state index contributed by atoms with van der Waals surface area (Å²) in [5.41, 5.74) is 2.31. The third-order valence-corrected chi connectivity index (χ3v) is 7.59. The maximum atomic E-state index is 12.9. The predicted molar refractivity (Wildman–Crippen MR) is 100 cm³/mol. The van der Waals surface area contributed by atoms with Gasteiger partial charge in [-0.2, -0.15) is 8.42 Å². The maximum absolute atomic E-state index is 12.9. The number of carboxylic acid groups (broad SMARTS) is 1. The topological polar surface area (TPSA) is 105 Å². The Balaban J connectivity index is 1.61. The smallest absolute Gasteiger partial charge is 0.407 e. The fourth-order valence-corrected chi connectivity index (χ4v) is 6.58. The molecule has 26 heavy (non-hydrogen) atoms. The van der Waals surface area contributed by atoms with Crippen molar-refractivity contribution in [2.24, 2.45) is 0 Å². The number of nitrogens with one attached hydrogen (secondary N) is 1. The number of hydrogen-bond donors (Lipinski definition) is 2. The van der Waals surface area contributed by atoms with E-state index in [0.717, 1.165) is 16.9 Å². The van der Waals surface area contributed by atoms with Crippen molar-refractivity contribution < 1.29 is 18.3 Å². The first-order valence-electron chi connectivity index (χ1n) is 7.86. The average molecular weight is 459 g/mol. The lowest BCUT2D eigenvalue weighted by atomic mass is 9.99. The number of amides is 1. The minimum Gasteiger partial charge on any atom is -0.465 e. The Morgan fingerprint density at radius 1 is 1.31 bits per heavy atom. The molecule has 4 rings (SSSR count). The van der Waals surface area contributed by atoms with Crippen LogP contribution < -0.4 is 4.72 Å². The molecule has 11 heteroatoms. The second-order valence-electron chi connectivity index (χ2n) is 6.03. The molecule has 3 heterocycles. The summed E-state index contributed by atoms with van der Waals surface area (Å²) in [7, 11) is -3.79. The zero-order valence-corrected chi connectivity index (χ0v) is 16.7. The zero-order chi connectivity index (χ0) is 18.5. The number of carbonyl (C=O) groups is 1. The van der Waals surface area contributed by atoms with E-state index in [4.69, 9.17) is 5.11 Å². The summed E-state index contributed by atoms with van der Waals surface area (Å²) in [6.07, 6.45) is -0.391. The largest absolute Gasteiger partial charge is 0.465 e. The normalized spacial score (nSPS) is 16.3. The van der Waals surface area contributed by atoms with Crippen LogP contribution >= 0.6 is 27.7 Å². The van der Waals surface area contributed by atoms with Gasteiger partial charge in [0.1, 0.15) is 4.60 Å². The van der Waals surface area contributed by atoms with Crippen LogP contribution in [0.25, 0.3) is 0 Å². The van der Waals surface area contributed by atoms with E-state index in [2.05, 4.69) is 25.6 Å². The molecule has 0 bridgehead atoms. The van der Waals surface area contributed by atoms with Gasteiger partial charge in [0.25, 0.3) is 10.0 Å². The lowest BCUT2D eigenvalue weighted by molar-refractivity contribution is 0.140. The number of sulfonamides is 1. The van der Waals surface area contributed by atoms with Gasteiger partial charge in [0, 0.05) is 31.1 Å². The van der Waals surface area contributed by atoms with Gasteiger partial charge >= 0.3 is 6.09 Å². The fourth-order valence-electron chi connectivity index (χ4n) is 3.17. The van der Waals surface area contributed by atoms with Crippen molar-refractivity contribution in [3.8, 4) is 0 Å². The second kappa shape index (κ2) is 6.46. The molecule has 2 aromatic rings. The summed E-state index contributed by atoms with van der Waals surface area (Å²) in [5.74, 6) is 0.803. The molecule has 2 aliphatic rings. The SMILES string of the molecule is O=C(O)N1CCc2cc(NS(=O)(=O)c3c(Br)nc4n3CCS4)ccc2C1. The van der Waals surface area contributed by atoms with Gasteiger partial charge in [0.2, 0.25) is 0 Å². The van der Waals surface area contributed by atoms with Gasteiger partial charge < -0.3 is 14.6 Å². The molecule has 0 atom stereocenters. The lowest BCUT2D eigenvalue weighted by Gasteiger charge is -2.26. The number of fused-ring (bicyclic) bond motifs is 2. The number of benzene rings is 1. The van der Waals surface area contributed by atoms with Crippen LogP contribution in [0.1, 0.15) is 11.1 Å². The molecule has 0 radical (unpaired) electrons.